The predicted molar refractivity (Wildman–Crippen MR) is 56.8 cm³/mol. The van der Waals surface area contributed by atoms with E-state index in [1.807, 2.05) is 20.8 Å². The van der Waals surface area contributed by atoms with E-state index in [-0.39, 0.29) is 18.1 Å². The van der Waals surface area contributed by atoms with Crippen molar-refractivity contribution >= 4 is 5.91 Å². The number of hydrogen-bond acceptors (Lipinski definition) is 3. The van der Waals surface area contributed by atoms with E-state index in [2.05, 4.69) is 5.32 Å². The van der Waals surface area contributed by atoms with Crippen LogP contribution in [-0.2, 0) is 4.79 Å². The molecular formula is C10H22N2O2. The van der Waals surface area contributed by atoms with Gasteiger partial charge in [0.05, 0.1) is 6.04 Å². The monoisotopic (exact) mass is 202 g/mol. The van der Waals surface area contributed by atoms with Crippen LogP contribution in [0.5, 0.6) is 0 Å². The second-order valence-corrected chi connectivity index (χ2v) is 3.89. The molecule has 0 spiro atoms. The molecule has 0 saturated heterocycles. The van der Waals surface area contributed by atoms with Crippen molar-refractivity contribution in [1.29, 1.82) is 0 Å². The largest absolute Gasteiger partial charge is 0.396 e. The average Bonchev–Trinajstić information content (AvgIpc) is 2.16. The molecule has 0 aromatic heterocycles. The summed E-state index contributed by atoms with van der Waals surface area (Å²) in [6.07, 6.45) is 1.98. The second-order valence-electron chi connectivity index (χ2n) is 3.89. The lowest BCUT2D eigenvalue weighted by Crippen LogP contribution is -2.52. The summed E-state index contributed by atoms with van der Waals surface area (Å²) in [7, 11) is 0. The number of nitrogens with two attached hydrogens (primary N) is 1. The summed E-state index contributed by atoms with van der Waals surface area (Å²) in [6, 6.07) is -0.445. The van der Waals surface area contributed by atoms with Crippen LogP contribution in [0, 0.1) is 0 Å². The van der Waals surface area contributed by atoms with Crippen LogP contribution < -0.4 is 11.1 Å². The standard InChI is InChI=1S/C10H22N2O2/c1-4-8(11)9(14)12-10(3,5-2)6-7-13/h8,13H,4-7,11H2,1-3H3,(H,12,14)/t8-,10?/m1/s1. The van der Waals surface area contributed by atoms with Gasteiger partial charge in [-0.15, -0.1) is 0 Å². The summed E-state index contributed by atoms with van der Waals surface area (Å²) in [5.41, 5.74) is 5.27. The number of amides is 1. The molecule has 0 aliphatic rings. The zero-order chi connectivity index (χ0) is 11.2. The molecule has 0 saturated carbocycles. The zero-order valence-corrected chi connectivity index (χ0v) is 9.34. The zero-order valence-electron chi connectivity index (χ0n) is 9.34. The number of carbonyl (C=O) groups is 1. The SMILES string of the molecule is CC[C@@H](N)C(=O)NC(C)(CC)CCO. The van der Waals surface area contributed by atoms with E-state index < -0.39 is 6.04 Å². The molecule has 1 amide bonds. The number of nitrogens with one attached hydrogen (secondary N) is 1. The lowest BCUT2D eigenvalue weighted by molar-refractivity contribution is -0.124. The maximum absolute atomic E-state index is 11.5. The third-order valence-corrected chi connectivity index (χ3v) is 2.65. The van der Waals surface area contributed by atoms with Gasteiger partial charge in [-0.3, -0.25) is 4.79 Å². The molecule has 4 N–H and O–H groups in total. The Bertz CT molecular complexity index is 185. The number of aliphatic hydroxyl groups is 1. The molecule has 84 valence electrons. The van der Waals surface area contributed by atoms with Crippen LogP contribution in [0.1, 0.15) is 40.0 Å². The molecule has 4 heteroatoms. The van der Waals surface area contributed by atoms with Crippen molar-refractivity contribution in [3.63, 3.8) is 0 Å². The van der Waals surface area contributed by atoms with Gasteiger partial charge < -0.3 is 16.2 Å². The van der Waals surface area contributed by atoms with Crippen LogP contribution in [0.4, 0.5) is 0 Å². The Kier molecular flexibility index (Phi) is 5.72. The van der Waals surface area contributed by atoms with E-state index in [0.29, 0.717) is 12.8 Å². The van der Waals surface area contributed by atoms with Gasteiger partial charge in [0.15, 0.2) is 0 Å². The highest BCUT2D eigenvalue weighted by Crippen LogP contribution is 2.13. The molecule has 0 aliphatic carbocycles. The summed E-state index contributed by atoms with van der Waals surface area (Å²) >= 11 is 0. The first-order valence-corrected chi connectivity index (χ1v) is 5.17. The number of hydrogen-bond donors (Lipinski definition) is 3. The summed E-state index contributed by atoms with van der Waals surface area (Å²) in [6.45, 7) is 5.85. The smallest absolute Gasteiger partial charge is 0.237 e. The van der Waals surface area contributed by atoms with Crippen LogP contribution in [0.25, 0.3) is 0 Å². The average molecular weight is 202 g/mol. The minimum absolute atomic E-state index is 0.0754. The number of rotatable bonds is 6. The Balaban J connectivity index is 4.23. The van der Waals surface area contributed by atoms with Gasteiger partial charge >= 0.3 is 0 Å². The van der Waals surface area contributed by atoms with Gasteiger partial charge in [-0.2, -0.15) is 0 Å². The van der Waals surface area contributed by atoms with Gasteiger partial charge in [0.25, 0.3) is 0 Å². The van der Waals surface area contributed by atoms with Crippen molar-refractivity contribution in [3.8, 4) is 0 Å². The second kappa shape index (κ2) is 5.98. The topological polar surface area (TPSA) is 75.4 Å². The molecule has 1 unspecified atom stereocenters. The van der Waals surface area contributed by atoms with Crippen molar-refractivity contribution in [1.82, 2.24) is 5.32 Å². The van der Waals surface area contributed by atoms with E-state index in [1.165, 1.54) is 0 Å². The minimum Gasteiger partial charge on any atom is -0.396 e. The Morgan fingerprint density at radius 1 is 1.57 bits per heavy atom. The summed E-state index contributed by atoms with van der Waals surface area (Å²) < 4.78 is 0. The van der Waals surface area contributed by atoms with Crippen LogP contribution in [-0.4, -0.2) is 29.2 Å². The lowest BCUT2D eigenvalue weighted by atomic mass is 9.94. The van der Waals surface area contributed by atoms with Gasteiger partial charge in [0.2, 0.25) is 5.91 Å². The van der Waals surface area contributed by atoms with Gasteiger partial charge in [0.1, 0.15) is 0 Å². The van der Waals surface area contributed by atoms with E-state index in [0.717, 1.165) is 6.42 Å². The van der Waals surface area contributed by atoms with Crippen molar-refractivity contribution in [3.05, 3.63) is 0 Å². The molecule has 0 aromatic carbocycles. The lowest BCUT2D eigenvalue weighted by Gasteiger charge is -2.30. The fourth-order valence-corrected chi connectivity index (χ4v) is 1.15. The molecule has 0 aliphatic heterocycles. The van der Waals surface area contributed by atoms with Gasteiger partial charge in [0, 0.05) is 12.1 Å². The van der Waals surface area contributed by atoms with E-state index in [4.69, 9.17) is 10.8 Å². The van der Waals surface area contributed by atoms with Gasteiger partial charge in [-0.25, -0.2) is 0 Å². The molecule has 0 radical (unpaired) electrons. The van der Waals surface area contributed by atoms with Crippen molar-refractivity contribution < 1.29 is 9.90 Å². The molecule has 4 nitrogen and oxygen atoms in total. The summed E-state index contributed by atoms with van der Waals surface area (Å²) in [5, 5.41) is 11.7. The Morgan fingerprint density at radius 3 is 2.50 bits per heavy atom. The molecule has 0 aromatic rings. The first-order valence-electron chi connectivity index (χ1n) is 5.17. The molecule has 0 heterocycles. The molecule has 2 atom stereocenters. The summed E-state index contributed by atoms with van der Waals surface area (Å²) in [4.78, 5) is 11.5. The minimum atomic E-state index is -0.445. The Hall–Kier alpha value is -0.610. The highest BCUT2D eigenvalue weighted by atomic mass is 16.3. The fourth-order valence-electron chi connectivity index (χ4n) is 1.15. The van der Waals surface area contributed by atoms with Crippen molar-refractivity contribution in [2.24, 2.45) is 5.73 Å². The molecule has 14 heavy (non-hydrogen) atoms. The van der Waals surface area contributed by atoms with E-state index in [1.54, 1.807) is 0 Å². The first-order chi connectivity index (χ1) is 6.49. The highest BCUT2D eigenvalue weighted by Gasteiger charge is 2.25. The summed E-state index contributed by atoms with van der Waals surface area (Å²) in [5.74, 6) is -0.134. The Labute approximate surface area is 85.9 Å². The first kappa shape index (κ1) is 13.4. The molecule has 0 rings (SSSR count). The van der Waals surface area contributed by atoms with E-state index >= 15 is 0 Å². The van der Waals surface area contributed by atoms with Crippen LogP contribution in [0.3, 0.4) is 0 Å². The molecule has 0 bridgehead atoms. The van der Waals surface area contributed by atoms with E-state index in [9.17, 15) is 4.79 Å². The van der Waals surface area contributed by atoms with Crippen LogP contribution in [0.15, 0.2) is 0 Å². The molecular weight excluding hydrogens is 180 g/mol. The normalized spacial score (nSPS) is 17.2. The van der Waals surface area contributed by atoms with Gasteiger partial charge in [-0.05, 0) is 26.2 Å². The molecule has 0 fully saturated rings. The fraction of sp³-hybridized carbons (Fsp3) is 0.900. The Morgan fingerprint density at radius 2 is 2.14 bits per heavy atom. The highest BCUT2D eigenvalue weighted by molar-refractivity contribution is 5.82. The number of aliphatic hydroxyl groups excluding tert-OH is 1. The van der Waals surface area contributed by atoms with Crippen molar-refractivity contribution in [2.45, 2.75) is 51.6 Å². The third-order valence-electron chi connectivity index (χ3n) is 2.65. The van der Waals surface area contributed by atoms with Gasteiger partial charge in [-0.1, -0.05) is 13.8 Å². The van der Waals surface area contributed by atoms with Crippen LogP contribution in [0.2, 0.25) is 0 Å². The number of carbonyl (C=O) groups excluding carboxylic acids is 1. The van der Waals surface area contributed by atoms with Crippen molar-refractivity contribution in [2.75, 3.05) is 6.61 Å². The quantitative estimate of drug-likeness (QED) is 0.583. The predicted octanol–water partition coefficient (Wildman–Crippen LogP) is 0.391. The van der Waals surface area contributed by atoms with Crippen LogP contribution >= 0.6 is 0 Å². The maximum Gasteiger partial charge on any atom is 0.237 e. The third kappa shape index (κ3) is 4.07. The maximum atomic E-state index is 11.5.